The van der Waals surface area contributed by atoms with Gasteiger partial charge in [0.25, 0.3) is 0 Å². The Hall–Kier alpha value is -4.29. The highest BCUT2D eigenvalue weighted by Gasteiger charge is 2.37. The maximum Gasteiger partial charge on any atom is 0.223 e. The van der Waals surface area contributed by atoms with Crippen LogP contribution in [0.15, 0.2) is 120 Å². The number of aromatic nitrogens is 3. The molecule has 4 aromatic carbocycles. The van der Waals surface area contributed by atoms with E-state index in [9.17, 15) is 4.39 Å². The summed E-state index contributed by atoms with van der Waals surface area (Å²) >= 11 is 3.70. The number of nitrogens with zero attached hydrogens (tertiary/aromatic N) is 3. The minimum atomic E-state index is -0.365. The van der Waals surface area contributed by atoms with Gasteiger partial charge in [-0.05, 0) is 35.4 Å². The van der Waals surface area contributed by atoms with E-state index < -0.39 is 0 Å². The lowest BCUT2D eigenvalue weighted by atomic mass is 9.82. The summed E-state index contributed by atoms with van der Waals surface area (Å²) in [5, 5.41) is 5.83. The first kappa shape index (κ1) is 22.9. The second-order valence-electron chi connectivity index (χ2n) is 9.38. The van der Waals surface area contributed by atoms with Gasteiger partial charge >= 0.3 is 0 Å². The van der Waals surface area contributed by atoms with Gasteiger partial charge in [-0.1, -0.05) is 88.7 Å². The molecule has 0 amide bonds. The summed E-state index contributed by atoms with van der Waals surface area (Å²) in [5.41, 5.74) is 5.72. The Labute approximate surface area is 227 Å². The van der Waals surface area contributed by atoms with Crippen molar-refractivity contribution in [2.45, 2.75) is 12.0 Å². The van der Waals surface area contributed by atoms with Crippen molar-refractivity contribution in [3.8, 4) is 22.8 Å². The second kappa shape index (κ2) is 9.23. The average molecular weight is 562 g/mol. The third kappa shape index (κ3) is 3.89. The van der Waals surface area contributed by atoms with E-state index in [1.54, 1.807) is 6.07 Å². The van der Waals surface area contributed by atoms with Crippen LogP contribution in [0.3, 0.4) is 0 Å². The van der Waals surface area contributed by atoms with Crippen molar-refractivity contribution < 1.29 is 9.13 Å². The molecule has 0 spiro atoms. The standard InChI is InChI=1S/C32H21BrFN3O/c33-27-12-7-13-28-25(27)17-26-30(21-10-5-2-6-11-21)31(24-15-14-23(34)16-29(24)38-32(26)36-28)37-19-22(18-35-37)20-8-3-1-4-9-20/h1-19,30-31H. The molecule has 7 rings (SSSR count). The van der Waals surface area contributed by atoms with E-state index in [1.165, 1.54) is 12.1 Å². The van der Waals surface area contributed by atoms with Crippen molar-refractivity contribution in [3.05, 3.63) is 143 Å². The van der Waals surface area contributed by atoms with Crippen molar-refractivity contribution in [2.75, 3.05) is 0 Å². The number of pyridine rings is 1. The van der Waals surface area contributed by atoms with Crippen LogP contribution in [-0.2, 0) is 0 Å². The van der Waals surface area contributed by atoms with Crippen LogP contribution in [0.2, 0.25) is 0 Å². The molecule has 1 aliphatic heterocycles. The predicted octanol–water partition coefficient (Wildman–Crippen LogP) is 8.53. The lowest BCUT2D eigenvalue weighted by Gasteiger charge is -2.27. The zero-order valence-electron chi connectivity index (χ0n) is 20.1. The van der Waals surface area contributed by atoms with Crippen LogP contribution in [-0.4, -0.2) is 14.8 Å². The van der Waals surface area contributed by atoms with Crippen LogP contribution in [0.4, 0.5) is 4.39 Å². The molecule has 2 aromatic heterocycles. The molecule has 38 heavy (non-hydrogen) atoms. The van der Waals surface area contributed by atoms with Gasteiger partial charge < -0.3 is 4.74 Å². The van der Waals surface area contributed by atoms with Gasteiger partial charge in [-0.2, -0.15) is 5.10 Å². The maximum absolute atomic E-state index is 14.6. The Morgan fingerprint density at radius 3 is 2.39 bits per heavy atom. The lowest BCUT2D eigenvalue weighted by molar-refractivity contribution is 0.451. The molecule has 2 unspecified atom stereocenters. The fraction of sp³-hybridized carbons (Fsp3) is 0.0625. The number of benzene rings is 4. The van der Waals surface area contributed by atoms with E-state index in [4.69, 9.17) is 14.8 Å². The number of hydrogen-bond donors (Lipinski definition) is 0. The van der Waals surface area contributed by atoms with Crippen molar-refractivity contribution in [3.63, 3.8) is 0 Å². The number of hydrogen-bond acceptors (Lipinski definition) is 3. The average Bonchev–Trinajstić information content (AvgIpc) is 3.38. The number of fused-ring (bicyclic) bond motifs is 3. The van der Waals surface area contributed by atoms with Gasteiger partial charge in [-0.3, -0.25) is 4.68 Å². The molecule has 3 heterocycles. The smallest absolute Gasteiger partial charge is 0.223 e. The first-order chi connectivity index (χ1) is 18.7. The fourth-order valence-corrected chi connectivity index (χ4v) is 5.81. The molecular formula is C32H21BrFN3O. The number of halogens is 2. The van der Waals surface area contributed by atoms with Crippen molar-refractivity contribution >= 4 is 26.8 Å². The summed E-state index contributed by atoms with van der Waals surface area (Å²) in [6.07, 6.45) is 3.93. The van der Waals surface area contributed by atoms with E-state index in [0.717, 1.165) is 43.2 Å². The van der Waals surface area contributed by atoms with Crippen LogP contribution in [0.1, 0.15) is 28.7 Å². The van der Waals surface area contributed by atoms with Crippen molar-refractivity contribution in [2.24, 2.45) is 0 Å². The zero-order chi connectivity index (χ0) is 25.6. The van der Waals surface area contributed by atoms with E-state index in [1.807, 2.05) is 65.5 Å². The zero-order valence-corrected chi connectivity index (χ0v) is 21.7. The molecule has 2 atom stereocenters. The van der Waals surface area contributed by atoms with Crippen LogP contribution < -0.4 is 4.74 Å². The highest BCUT2D eigenvalue weighted by Crippen LogP contribution is 2.50. The molecule has 1 aliphatic rings. The van der Waals surface area contributed by atoms with E-state index in [0.29, 0.717) is 11.6 Å². The minimum Gasteiger partial charge on any atom is -0.438 e. The molecule has 0 N–H and O–H groups in total. The first-order valence-corrected chi connectivity index (χ1v) is 13.2. The largest absolute Gasteiger partial charge is 0.438 e. The van der Waals surface area contributed by atoms with Gasteiger partial charge in [-0.15, -0.1) is 0 Å². The lowest BCUT2D eigenvalue weighted by Crippen LogP contribution is -2.20. The molecular weight excluding hydrogens is 541 g/mol. The summed E-state index contributed by atoms with van der Waals surface area (Å²) in [5.74, 6) is 0.337. The van der Waals surface area contributed by atoms with Crippen LogP contribution in [0, 0.1) is 5.82 Å². The highest BCUT2D eigenvalue weighted by atomic mass is 79.9. The van der Waals surface area contributed by atoms with Gasteiger partial charge in [-0.25, -0.2) is 9.37 Å². The summed E-state index contributed by atoms with van der Waals surface area (Å²) in [4.78, 5) is 4.92. The Kier molecular flexibility index (Phi) is 5.55. The Balaban J connectivity index is 1.52. The molecule has 0 radical (unpaired) electrons. The summed E-state index contributed by atoms with van der Waals surface area (Å²) < 4.78 is 23.9. The molecule has 0 fully saturated rings. The SMILES string of the molecule is Fc1ccc2c(c1)Oc1nc3cccc(Br)c3cc1C(c1ccccc1)C2n1cc(-c2ccccc2)cn1. The molecule has 0 bridgehead atoms. The summed E-state index contributed by atoms with van der Waals surface area (Å²) in [7, 11) is 0. The summed E-state index contributed by atoms with van der Waals surface area (Å²) in [6.45, 7) is 0. The monoisotopic (exact) mass is 561 g/mol. The van der Waals surface area contributed by atoms with Crippen LogP contribution in [0.5, 0.6) is 11.6 Å². The maximum atomic E-state index is 14.6. The van der Waals surface area contributed by atoms with E-state index >= 15 is 0 Å². The van der Waals surface area contributed by atoms with Gasteiger partial charge in [0, 0.05) is 44.7 Å². The van der Waals surface area contributed by atoms with Gasteiger partial charge in [0.05, 0.1) is 17.8 Å². The third-order valence-corrected chi connectivity index (χ3v) is 7.79. The predicted molar refractivity (Wildman–Crippen MR) is 150 cm³/mol. The minimum absolute atomic E-state index is 0.203. The Morgan fingerprint density at radius 2 is 1.58 bits per heavy atom. The normalized spacial score (nSPS) is 16.4. The molecule has 6 aromatic rings. The Morgan fingerprint density at radius 1 is 0.789 bits per heavy atom. The van der Waals surface area contributed by atoms with Crippen molar-refractivity contribution in [1.82, 2.24) is 14.8 Å². The van der Waals surface area contributed by atoms with Crippen LogP contribution >= 0.6 is 15.9 Å². The number of ether oxygens (including phenoxy) is 1. The molecule has 0 aliphatic carbocycles. The van der Waals surface area contributed by atoms with Crippen LogP contribution in [0.25, 0.3) is 22.0 Å². The molecule has 0 saturated heterocycles. The second-order valence-corrected chi connectivity index (χ2v) is 10.2. The highest BCUT2D eigenvalue weighted by molar-refractivity contribution is 9.10. The third-order valence-electron chi connectivity index (χ3n) is 7.10. The topological polar surface area (TPSA) is 39.9 Å². The number of rotatable bonds is 3. The van der Waals surface area contributed by atoms with E-state index in [2.05, 4.69) is 52.5 Å². The van der Waals surface area contributed by atoms with Gasteiger partial charge in [0.1, 0.15) is 11.6 Å². The summed E-state index contributed by atoms with van der Waals surface area (Å²) in [6, 6.07) is 32.9. The Bertz CT molecular complexity index is 1790. The van der Waals surface area contributed by atoms with Gasteiger partial charge in [0.2, 0.25) is 5.88 Å². The van der Waals surface area contributed by atoms with Crippen molar-refractivity contribution in [1.29, 1.82) is 0 Å². The molecule has 4 nitrogen and oxygen atoms in total. The first-order valence-electron chi connectivity index (χ1n) is 12.4. The van der Waals surface area contributed by atoms with E-state index in [-0.39, 0.29) is 17.8 Å². The quantitative estimate of drug-likeness (QED) is 0.217. The molecule has 0 saturated carbocycles. The molecule has 184 valence electrons. The fourth-order valence-electron chi connectivity index (χ4n) is 5.34. The molecule has 6 heteroatoms. The van der Waals surface area contributed by atoms with Gasteiger partial charge in [0.15, 0.2) is 0 Å².